The summed E-state index contributed by atoms with van der Waals surface area (Å²) in [6, 6.07) is 13.5. The Kier molecular flexibility index (Phi) is 8.31. The summed E-state index contributed by atoms with van der Waals surface area (Å²) in [6.07, 6.45) is -0.195. The Labute approximate surface area is 183 Å². The molecule has 166 valence electrons. The number of aryl methyl sites for hydroxylation is 1. The van der Waals surface area contributed by atoms with Crippen molar-refractivity contribution in [2.75, 3.05) is 13.1 Å². The van der Waals surface area contributed by atoms with Crippen molar-refractivity contribution in [1.82, 2.24) is 10.2 Å². The Balaban J connectivity index is 0.00000155. The molecule has 3 atom stereocenters. The highest BCUT2D eigenvalue weighted by atomic mass is 16.6. The first-order valence-corrected chi connectivity index (χ1v) is 11.3. The molecule has 0 aliphatic carbocycles. The van der Waals surface area contributed by atoms with Crippen LogP contribution in [0, 0.1) is 18.8 Å². The van der Waals surface area contributed by atoms with Gasteiger partial charge in [0.15, 0.2) is 0 Å². The van der Waals surface area contributed by atoms with Gasteiger partial charge in [-0.25, -0.2) is 4.79 Å². The standard InChI is InChI=1S/C24H34N2O2.C2H6/c1-16-8-7-9-20-12-19(10-11-21(16)20)13-25-18(3)22-15-26(14-17(22)2)23(27)28-24(4,5)6;1-2/h7-12,17-18,22,25H,13-15H2,1-6H3;1-2H3. The van der Waals surface area contributed by atoms with E-state index >= 15 is 0 Å². The third kappa shape index (κ3) is 6.21. The number of nitrogens with zero attached hydrogens (tertiary/aromatic N) is 1. The summed E-state index contributed by atoms with van der Waals surface area (Å²) in [7, 11) is 0. The lowest BCUT2D eigenvalue weighted by molar-refractivity contribution is 0.0283. The summed E-state index contributed by atoms with van der Waals surface area (Å²) in [4.78, 5) is 14.2. The molecule has 3 rings (SSSR count). The van der Waals surface area contributed by atoms with Gasteiger partial charge in [-0.15, -0.1) is 0 Å². The molecule has 4 heteroatoms. The van der Waals surface area contributed by atoms with E-state index in [0.717, 1.165) is 19.6 Å². The minimum Gasteiger partial charge on any atom is -0.444 e. The van der Waals surface area contributed by atoms with Crippen molar-refractivity contribution in [3.8, 4) is 0 Å². The van der Waals surface area contributed by atoms with Crippen LogP contribution in [0.1, 0.15) is 59.6 Å². The molecule has 1 aliphatic heterocycles. The maximum Gasteiger partial charge on any atom is 0.410 e. The zero-order valence-corrected chi connectivity index (χ0v) is 20.1. The summed E-state index contributed by atoms with van der Waals surface area (Å²) < 4.78 is 5.54. The molecule has 3 unspecified atom stereocenters. The average molecular weight is 413 g/mol. The molecule has 0 spiro atoms. The summed E-state index contributed by atoms with van der Waals surface area (Å²) in [5, 5.41) is 6.29. The lowest BCUT2D eigenvalue weighted by Gasteiger charge is -2.25. The molecule has 0 aromatic heterocycles. The van der Waals surface area contributed by atoms with Crippen LogP contribution < -0.4 is 5.32 Å². The van der Waals surface area contributed by atoms with Gasteiger partial charge < -0.3 is 15.0 Å². The summed E-state index contributed by atoms with van der Waals surface area (Å²) in [5.74, 6) is 0.879. The highest BCUT2D eigenvalue weighted by Crippen LogP contribution is 2.28. The Morgan fingerprint density at radius 3 is 2.57 bits per heavy atom. The lowest BCUT2D eigenvalue weighted by Crippen LogP contribution is -2.38. The largest absolute Gasteiger partial charge is 0.444 e. The van der Waals surface area contributed by atoms with Gasteiger partial charge in [0.25, 0.3) is 0 Å². The molecule has 1 fully saturated rings. The second kappa shape index (κ2) is 10.3. The van der Waals surface area contributed by atoms with E-state index < -0.39 is 5.60 Å². The Hall–Kier alpha value is -2.07. The van der Waals surface area contributed by atoms with E-state index in [9.17, 15) is 4.79 Å². The van der Waals surface area contributed by atoms with Crippen molar-refractivity contribution in [2.24, 2.45) is 11.8 Å². The molecule has 1 saturated heterocycles. The van der Waals surface area contributed by atoms with Crippen LogP contribution in [0.5, 0.6) is 0 Å². The second-order valence-electron chi connectivity index (χ2n) is 9.33. The van der Waals surface area contributed by atoms with Crippen molar-refractivity contribution in [2.45, 2.75) is 73.6 Å². The van der Waals surface area contributed by atoms with Crippen LogP contribution in [0.15, 0.2) is 36.4 Å². The van der Waals surface area contributed by atoms with Crippen LogP contribution in [0.3, 0.4) is 0 Å². The van der Waals surface area contributed by atoms with Crippen LogP contribution >= 0.6 is 0 Å². The summed E-state index contributed by atoms with van der Waals surface area (Å²) in [5.41, 5.74) is 2.16. The molecule has 0 bridgehead atoms. The number of amides is 1. The van der Waals surface area contributed by atoms with Crippen LogP contribution in [0.2, 0.25) is 0 Å². The van der Waals surface area contributed by atoms with Gasteiger partial charge in [-0.2, -0.15) is 0 Å². The van der Waals surface area contributed by atoms with Gasteiger partial charge in [0.1, 0.15) is 5.60 Å². The second-order valence-corrected chi connectivity index (χ2v) is 9.33. The van der Waals surface area contributed by atoms with E-state index in [-0.39, 0.29) is 6.09 Å². The van der Waals surface area contributed by atoms with Crippen molar-refractivity contribution in [1.29, 1.82) is 0 Å². The van der Waals surface area contributed by atoms with Crippen molar-refractivity contribution in [3.05, 3.63) is 47.5 Å². The summed E-state index contributed by atoms with van der Waals surface area (Å²) in [6.45, 7) is 18.7. The van der Waals surface area contributed by atoms with Gasteiger partial charge in [-0.05, 0) is 74.4 Å². The minimum atomic E-state index is -0.448. The first kappa shape index (κ1) is 24.2. The average Bonchev–Trinajstić information content (AvgIpc) is 3.08. The number of rotatable bonds is 4. The molecule has 2 aromatic carbocycles. The number of ether oxygens (including phenoxy) is 1. The lowest BCUT2D eigenvalue weighted by atomic mass is 9.91. The van der Waals surface area contributed by atoms with Gasteiger partial charge in [0.05, 0.1) is 0 Å². The fourth-order valence-corrected chi connectivity index (χ4v) is 4.15. The molecule has 1 N–H and O–H groups in total. The van der Waals surface area contributed by atoms with E-state index in [1.54, 1.807) is 0 Å². The Morgan fingerprint density at radius 1 is 1.20 bits per heavy atom. The van der Waals surface area contributed by atoms with E-state index in [0.29, 0.717) is 17.9 Å². The van der Waals surface area contributed by atoms with Crippen molar-refractivity contribution < 1.29 is 9.53 Å². The zero-order chi connectivity index (χ0) is 22.5. The van der Waals surface area contributed by atoms with E-state index in [2.05, 4.69) is 62.5 Å². The fraction of sp³-hybridized carbons (Fsp3) is 0.577. The molecular weight excluding hydrogens is 372 g/mol. The molecule has 0 saturated carbocycles. The quantitative estimate of drug-likeness (QED) is 0.654. The molecule has 2 aromatic rings. The monoisotopic (exact) mass is 412 g/mol. The maximum absolute atomic E-state index is 12.4. The highest BCUT2D eigenvalue weighted by Gasteiger charge is 2.37. The van der Waals surface area contributed by atoms with Gasteiger partial charge in [0, 0.05) is 25.7 Å². The van der Waals surface area contributed by atoms with E-state index in [4.69, 9.17) is 4.74 Å². The zero-order valence-electron chi connectivity index (χ0n) is 20.1. The third-order valence-corrected chi connectivity index (χ3v) is 5.76. The number of hydrogen-bond donors (Lipinski definition) is 1. The van der Waals surface area contributed by atoms with Gasteiger partial charge >= 0.3 is 6.09 Å². The predicted octanol–water partition coefficient (Wildman–Crippen LogP) is 6.16. The number of benzene rings is 2. The number of carbonyl (C=O) groups excluding carboxylic acids is 1. The van der Waals surface area contributed by atoms with Crippen LogP contribution in [-0.4, -0.2) is 35.7 Å². The molecule has 4 nitrogen and oxygen atoms in total. The topological polar surface area (TPSA) is 41.6 Å². The number of likely N-dealkylation sites (tertiary alicyclic amines) is 1. The molecule has 0 radical (unpaired) electrons. The predicted molar refractivity (Wildman–Crippen MR) is 127 cm³/mol. The first-order chi connectivity index (χ1) is 14.1. The van der Waals surface area contributed by atoms with Crippen molar-refractivity contribution >= 4 is 16.9 Å². The molecular formula is C26H40N2O2. The minimum absolute atomic E-state index is 0.195. The molecule has 30 heavy (non-hydrogen) atoms. The number of nitrogens with one attached hydrogen (secondary N) is 1. The van der Waals surface area contributed by atoms with E-state index in [1.807, 2.05) is 39.5 Å². The number of hydrogen-bond acceptors (Lipinski definition) is 3. The van der Waals surface area contributed by atoms with Crippen molar-refractivity contribution in [3.63, 3.8) is 0 Å². The number of fused-ring (bicyclic) bond motifs is 1. The van der Waals surface area contributed by atoms with E-state index in [1.165, 1.54) is 21.9 Å². The third-order valence-electron chi connectivity index (χ3n) is 5.76. The first-order valence-electron chi connectivity index (χ1n) is 11.3. The maximum atomic E-state index is 12.4. The SMILES string of the molecule is CC.Cc1cccc2cc(CNC(C)C3CN(C(=O)OC(C)(C)C)CC3C)ccc12. The molecule has 1 aliphatic rings. The fourth-order valence-electron chi connectivity index (χ4n) is 4.15. The van der Waals surface area contributed by atoms with Crippen LogP contribution in [-0.2, 0) is 11.3 Å². The van der Waals surface area contributed by atoms with Gasteiger partial charge in [-0.3, -0.25) is 0 Å². The normalized spacial score (nSPS) is 19.9. The molecule has 1 heterocycles. The van der Waals surface area contributed by atoms with Crippen LogP contribution in [0.4, 0.5) is 4.79 Å². The Morgan fingerprint density at radius 2 is 1.90 bits per heavy atom. The number of carbonyl (C=O) groups is 1. The highest BCUT2D eigenvalue weighted by molar-refractivity contribution is 5.86. The summed E-state index contributed by atoms with van der Waals surface area (Å²) >= 11 is 0. The Bertz CT molecular complexity index is 841. The van der Waals surface area contributed by atoms with Crippen LogP contribution in [0.25, 0.3) is 10.8 Å². The van der Waals surface area contributed by atoms with Gasteiger partial charge in [-0.1, -0.05) is 51.1 Å². The van der Waals surface area contributed by atoms with Gasteiger partial charge in [0.2, 0.25) is 0 Å². The molecule has 1 amide bonds. The smallest absolute Gasteiger partial charge is 0.410 e.